The first kappa shape index (κ1) is 13.5. The average molecular weight is 263 g/mol. The van der Waals surface area contributed by atoms with E-state index in [1.165, 1.54) is 0 Å². The summed E-state index contributed by atoms with van der Waals surface area (Å²) in [6.07, 6.45) is 2.88. The van der Waals surface area contributed by atoms with Gasteiger partial charge < -0.3 is 14.7 Å². The lowest BCUT2D eigenvalue weighted by Gasteiger charge is -2.35. The van der Waals surface area contributed by atoms with Crippen LogP contribution in [0.5, 0.6) is 0 Å². The van der Waals surface area contributed by atoms with Gasteiger partial charge in [-0.2, -0.15) is 0 Å². The number of aliphatic hydroxyl groups excluding tert-OH is 1. The van der Waals surface area contributed by atoms with Gasteiger partial charge in [0.15, 0.2) is 0 Å². The summed E-state index contributed by atoms with van der Waals surface area (Å²) in [4.78, 5) is 12.2. The standard InChI is InChI=1S/C11H22NO4P/c13-10-3-1-2-4-11(10)17(14,15)9-12-5-7-16-8-6-12/h10-11,13H,1-9H2,(H,14,15). The number of rotatable bonds is 3. The summed E-state index contributed by atoms with van der Waals surface area (Å²) in [5.41, 5.74) is -0.418. The second-order valence-corrected chi connectivity index (χ2v) is 7.50. The highest BCUT2D eigenvalue weighted by Gasteiger charge is 2.39. The molecule has 1 saturated heterocycles. The number of hydrogen-bond acceptors (Lipinski definition) is 4. The fourth-order valence-corrected chi connectivity index (χ4v) is 5.03. The van der Waals surface area contributed by atoms with Gasteiger partial charge >= 0.3 is 0 Å². The molecule has 0 bridgehead atoms. The Morgan fingerprint density at radius 1 is 1.24 bits per heavy atom. The molecule has 3 unspecified atom stereocenters. The minimum atomic E-state index is -3.27. The smallest absolute Gasteiger partial charge is 0.219 e. The fraction of sp³-hybridized carbons (Fsp3) is 1.00. The molecular formula is C11H22NO4P. The Hall–Kier alpha value is 0.0700. The Bertz CT molecular complexity index is 293. The van der Waals surface area contributed by atoms with Crippen molar-refractivity contribution >= 4 is 7.37 Å². The van der Waals surface area contributed by atoms with Gasteiger partial charge in [-0.15, -0.1) is 0 Å². The van der Waals surface area contributed by atoms with Crippen molar-refractivity contribution in [2.24, 2.45) is 0 Å². The minimum absolute atomic E-state index is 0.206. The van der Waals surface area contributed by atoms with Crippen molar-refractivity contribution in [2.75, 3.05) is 32.6 Å². The molecule has 3 atom stereocenters. The summed E-state index contributed by atoms with van der Waals surface area (Å²) in [6.45, 7) is 2.70. The molecule has 1 heterocycles. The van der Waals surface area contributed by atoms with E-state index in [0.29, 0.717) is 39.1 Å². The molecule has 100 valence electrons. The monoisotopic (exact) mass is 263 g/mol. The van der Waals surface area contributed by atoms with E-state index in [-0.39, 0.29) is 6.29 Å². The summed E-state index contributed by atoms with van der Waals surface area (Å²) in [7, 11) is -3.27. The van der Waals surface area contributed by atoms with E-state index < -0.39 is 19.1 Å². The molecule has 0 radical (unpaired) electrons. The molecule has 0 aromatic carbocycles. The van der Waals surface area contributed by atoms with Gasteiger partial charge in [0.2, 0.25) is 7.37 Å². The highest BCUT2D eigenvalue weighted by molar-refractivity contribution is 7.58. The van der Waals surface area contributed by atoms with Crippen LogP contribution in [0.2, 0.25) is 0 Å². The van der Waals surface area contributed by atoms with E-state index >= 15 is 0 Å². The predicted molar refractivity (Wildman–Crippen MR) is 65.3 cm³/mol. The molecule has 17 heavy (non-hydrogen) atoms. The normalized spacial score (nSPS) is 35.4. The fourth-order valence-electron chi connectivity index (χ4n) is 2.70. The van der Waals surface area contributed by atoms with Crippen LogP contribution >= 0.6 is 7.37 Å². The molecule has 1 saturated carbocycles. The van der Waals surface area contributed by atoms with Crippen LogP contribution in [-0.4, -0.2) is 59.3 Å². The van der Waals surface area contributed by atoms with Crippen LogP contribution in [0.1, 0.15) is 25.7 Å². The second-order valence-electron chi connectivity index (χ2n) is 5.05. The van der Waals surface area contributed by atoms with E-state index in [9.17, 15) is 14.6 Å². The Morgan fingerprint density at radius 3 is 2.53 bits per heavy atom. The zero-order valence-electron chi connectivity index (χ0n) is 10.1. The summed E-state index contributed by atoms with van der Waals surface area (Å²) in [5.74, 6) is 0. The number of hydrogen-bond donors (Lipinski definition) is 2. The average Bonchev–Trinajstić information content (AvgIpc) is 2.30. The molecule has 2 N–H and O–H groups in total. The molecule has 1 aliphatic carbocycles. The zero-order chi connectivity index (χ0) is 12.3. The van der Waals surface area contributed by atoms with E-state index in [0.717, 1.165) is 12.8 Å². The highest BCUT2D eigenvalue weighted by atomic mass is 31.2. The molecule has 0 aromatic heterocycles. The van der Waals surface area contributed by atoms with Crippen molar-refractivity contribution in [2.45, 2.75) is 37.4 Å². The summed E-state index contributed by atoms with van der Waals surface area (Å²) < 4.78 is 17.6. The molecule has 6 heteroatoms. The maximum atomic E-state index is 12.4. The third-order valence-electron chi connectivity index (χ3n) is 3.72. The van der Waals surface area contributed by atoms with Crippen molar-refractivity contribution in [1.29, 1.82) is 0 Å². The van der Waals surface area contributed by atoms with Gasteiger partial charge in [0.25, 0.3) is 0 Å². The van der Waals surface area contributed by atoms with Crippen molar-refractivity contribution < 1.29 is 19.3 Å². The number of aliphatic hydroxyl groups is 1. The van der Waals surface area contributed by atoms with Gasteiger partial charge in [-0.3, -0.25) is 9.46 Å². The van der Waals surface area contributed by atoms with Gasteiger partial charge in [0.05, 0.1) is 31.3 Å². The number of ether oxygens (including phenoxy) is 1. The summed E-state index contributed by atoms with van der Waals surface area (Å²) >= 11 is 0. The van der Waals surface area contributed by atoms with E-state index in [2.05, 4.69) is 0 Å². The van der Waals surface area contributed by atoms with E-state index in [1.807, 2.05) is 4.90 Å². The van der Waals surface area contributed by atoms with Crippen LogP contribution in [-0.2, 0) is 9.30 Å². The minimum Gasteiger partial charge on any atom is -0.392 e. The Morgan fingerprint density at radius 2 is 1.88 bits per heavy atom. The largest absolute Gasteiger partial charge is 0.392 e. The van der Waals surface area contributed by atoms with Crippen molar-refractivity contribution in [3.8, 4) is 0 Å². The molecule has 0 amide bonds. The molecule has 0 aromatic rings. The molecule has 5 nitrogen and oxygen atoms in total. The molecule has 1 aliphatic heterocycles. The Balaban J connectivity index is 1.94. The molecule has 0 spiro atoms. The van der Waals surface area contributed by atoms with Crippen LogP contribution < -0.4 is 0 Å². The van der Waals surface area contributed by atoms with Crippen LogP contribution in [0, 0.1) is 0 Å². The molecule has 2 rings (SSSR count). The van der Waals surface area contributed by atoms with Gasteiger partial charge in [-0.05, 0) is 12.8 Å². The van der Waals surface area contributed by atoms with Gasteiger partial charge in [-0.1, -0.05) is 12.8 Å². The van der Waals surface area contributed by atoms with Crippen molar-refractivity contribution in [3.05, 3.63) is 0 Å². The lowest BCUT2D eigenvalue weighted by Crippen LogP contribution is -2.39. The summed E-state index contributed by atoms with van der Waals surface area (Å²) in [6, 6.07) is 0. The first-order valence-corrected chi connectivity index (χ1v) is 8.31. The number of morpholine rings is 1. The highest BCUT2D eigenvalue weighted by Crippen LogP contribution is 2.52. The lowest BCUT2D eigenvalue weighted by molar-refractivity contribution is 0.0444. The van der Waals surface area contributed by atoms with Crippen molar-refractivity contribution in [3.63, 3.8) is 0 Å². The third kappa shape index (κ3) is 3.52. The predicted octanol–water partition coefficient (Wildman–Crippen LogP) is 0.850. The molecule has 2 aliphatic rings. The van der Waals surface area contributed by atoms with E-state index in [1.54, 1.807) is 0 Å². The second kappa shape index (κ2) is 5.81. The lowest BCUT2D eigenvalue weighted by atomic mass is 9.97. The molecular weight excluding hydrogens is 241 g/mol. The SMILES string of the molecule is O=P(O)(CN1CCOCC1)C1CCCCC1O. The Labute approximate surface area is 102 Å². The Kier molecular flexibility index (Phi) is 4.61. The maximum absolute atomic E-state index is 12.4. The first-order chi connectivity index (χ1) is 8.09. The van der Waals surface area contributed by atoms with Crippen LogP contribution in [0.15, 0.2) is 0 Å². The third-order valence-corrected chi connectivity index (χ3v) is 6.16. The topological polar surface area (TPSA) is 70.0 Å². The summed E-state index contributed by atoms with van der Waals surface area (Å²) in [5, 5.41) is 9.86. The van der Waals surface area contributed by atoms with E-state index in [4.69, 9.17) is 4.74 Å². The maximum Gasteiger partial charge on any atom is 0.219 e. The van der Waals surface area contributed by atoms with Crippen LogP contribution in [0.3, 0.4) is 0 Å². The van der Waals surface area contributed by atoms with Gasteiger partial charge in [0, 0.05) is 13.1 Å². The molecule has 2 fully saturated rings. The first-order valence-electron chi connectivity index (χ1n) is 6.39. The zero-order valence-corrected chi connectivity index (χ0v) is 11.0. The van der Waals surface area contributed by atoms with Gasteiger partial charge in [-0.25, -0.2) is 0 Å². The quantitative estimate of drug-likeness (QED) is 0.739. The van der Waals surface area contributed by atoms with Crippen LogP contribution in [0.4, 0.5) is 0 Å². The van der Waals surface area contributed by atoms with Gasteiger partial charge in [0.1, 0.15) is 0 Å². The van der Waals surface area contributed by atoms with Crippen molar-refractivity contribution in [1.82, 2.24) is 4.90 Å². The number of nitrogens with zero attached hydrogens (tertiary/aromatic N) is 1. The van der Waals surface area contributed by atoms with Crippen LogP contribution in [0.25, 0.3) is 0 Å².